The van der Waals surface area contributed by atoms with Gasteiger partial charge in [-0.25, -0.2) is 0 Å². The minimum Gasteiger partial charge on any atom is -0.504 e. The number of carboxylic acids is 1. The van der Waals surface area contributed by atoms with E-state index in [9.17, 15) is 22.6 Å². The molecular weight excluding hydrogens is 470 g/mol. The molecule has 3 rings (SSSR count). The van der Waals surface area contributed by atoms with Crippen molar-refractivity contribution < 1.29 is 37.9 Å². The number of phenols is 2. The molecule has 9 nitrogen and oxygen atoms in total. The Hall–Kier alpha value is -1.85. The zero-order valence-electron chi connectivity index (χ0n) is 16.1. The fourth-order valence-corrected chi connectivity index (χ4v) is 6.67. The number of carbonyl (C=O) groups excluding carboxylic acids is 1. The smallest absolute Gasteiger partial charge is 0.322 e. The van der Waals surface area contributed by atoms with Crippen LogP contribution in [0.5, 0.6) is 11.5 Å². The van der Waals surface area contributed by atoms with Gasteiger partial charge < -0.3 is 20.6 Å². The maximum Gasteiger partial charge on any atom is 0.322 e. The van der Waals surface area contributed by atoms with Crippen molar-refractivity contribution >= 4 is 43.5 Å². The van der Waals surface area contributed by atoms with Gasteiger partial charge in [-0.05, 0) is 30.4 Å². The van der Waals surface area contributed by atoms with Crippen LogP contribution in [0.25, 0.3) is 0 Å². The SMILES string of the molecule is CC12CCC(C1(C)C)C(Br)(S(=O)(=O)O)C2=O.O=C(O)CNc1ccc(O)c(O)c1. The van der Waals surface area contributed by atoms with E-state index >= 15 is 0 Å². The van der Waals surface area contributed by atoms with Crippen molar-refractivity contribution in [3.05, 3.63) is 18.2 Å². The zero-order chi connectivity index (χ0) is 22.4. The van der Waals surface area contributed by atoms with Crippen LogP contribution in [0.4, 0.5) is 5.69 Å². The third kappa shape index (κ3) is 3.71. The van der Waals surface area contributed by atoms with Gasteiger partial charge in [0, 0.05) is 23.1 Å². The Morgan fingerprint density at radius 2 is 1.83 bits per heavy atom. The summed E-state index contributed by atoms with van der Waals surface area (Å²) < 4.78 is 30.5. The number of hydrogen-bond acceptors (Lipinski definition) is 7. The Labute approximate surface area is 177 Å². The molecule has 5 N–H and O–H groups in total. The zero-order valence-corrected chi connectivity index (χ0v) is 18.5. The van der Waals surface area contributed by atoms with Gasteiger partial charge in [-0.1, -0.05) is 36.7 Å². The number of benzene rings is 1. The minimum absolute atomic E-state index is 0.232. The van der Waals surface area contributed by atoms with Crippen LogP contribution in [-0.4, -0.2) is 50.2 Å². The molecule has 0 aliphatic heterocycles. The summed E-state index contributed by atoms with van der Waals surface area (Å²) in [6.07, 6.45) is 1.33. The van der Waals surface area contributed by atoms with E-state index in [4.69, 9.17) is 15.3 Å². The highest BCUT2D eigenvalue weighted by atomic mass is 79.9. The van der Waals surface area contributed by atoms with Crippen molar-refractivity contribution in [2.45, 2.75) is 37.3 Å². The second-order valence-corrected chi connectivity index (χ2v) is 11.4. The number of nitrogens with one attached hydrogen (secondary N) is 1. The Morgan fingerprint density at radius 3 is 2.21 bits per heavy atom. The molecule has 0 amide bonds. The maximum atomic E-state index is 12.3. The highest BCUT2D eigenvalue weighted by Crippen LogP contribution is 2.70. The van der Waals surface area contributed by atoms with Gasteiger partial charge in [0.2, 0.25) is 3.66 Å². The second kappa shape index (κ2) is 7.44. The van der Waals surface area contributed by atoms with E-state index in [0.29, 0.717) is 18.5 Å². The first-order chi connectivity index (χ1) is 13.1. The van der Waals surface area contributed by atoms with Crippen LogP contribution in [0.15, 0.2) is 18.2 Å². The number of anilines is 1. The van der Waals surface area contributed by atoms with E-state index in [0.717, 1.165) is 0 Å². The van der Waals surface area contributed by atoms with Gasteiger partial charge in [-0.2, -0.15) is 8.42 Å². The quantitative estimate of drug-likeness (QED) is 0.183. The highest BCUT2D eigenvalue weighted by molar-refractivity contribution is 9.12. The molecule has 2 fully saturated rings. The summed E-state index contributed by atoms with van der Waals surface area (Å²) in [7, 11) is -4.42. The number of Topliss-reactive ketones (excluding diaryl/α,β-unsaturated/α-hetero) is 1. The number of halogens is 1. The molecule has 2 bridgehead atoms. The number of hydrogen-bond donors (Lipinski definition) is 5. The average Bonchev–Trinajstić information content (AvgIpc) is 2.89. The second-order valence-electron chi connectivity index (χ2n) is 8.05. The van der Waals surface area contributed by atoms with Crippen molar-refractivity contribution in [2.75, 3.05) is 11.9 Å². The molecule has 162 valence electrons. The van der Waals surface area contributed by atoms with Crippen LogP contribution in [0.2, 0.25) is 0 Å². The summed E-state index contributed by atoms with van der Waals surface area (Å²) in [5.74, 6) is -2.28. The number of fused-ring (bicyclic) bond motifs is 2. The fourth-order valence-electron chi connectivity index (χ4n) is 4.20. The van der Waals surface area contributed by atoms with Gasteiger partial charge in [0.15, 0.2) is 17.3 Å². The van der Waals surface area contributed by atoms with Crippen LogP contribution < -0.4 is 5.32 Å². The normalized spacial score (nSPS) is 29.8. The van der Waals surface area contributed by atoms with Crippen molar-refractivity contribution in [3.8, 4) is 11.5 Å². The lowest BCUT2D eigenvalue weighted by atomic mass is 9.70. The summed E-state index contributed by atoms with van der Waals surface area (Å²) in [5, 5.41) is 28.8. The van der Waals surface area contributed by atoms with E-state index < -0.39 is 36.4 Å². The lowest BCUT2D eigenvalue weighted by Gasteiger charge is -2.31. The molecule has 0 spiro atoms. The summed E-state index contributed by atoms with van der Waals surface area (Å²) >= 11 is 3.01. The van der Waals surface area contributed by atoms with Gasteiger partial charge in [0.25, 0.3) is 10.1 Å². The van der Waals surface area contributed by atoms with E-state index in [1.54, 1.807) is 6.92 Å². The Bertz CT molecular complexity index is 947. The van der Waals surface area contributed by atoms with Gasteiger partial charge in [-0.15, -0.1) is 0 Å². The van der Waals surface area contributed by atoms with Crippen molar-refractivity contribution in [2.24, 2.45) is 16.7 Å². The first kappa shape index (κ1) is 23.4. The summed E-state index contributed by atoms with van der Waals surface area (Å²) in [6, 6.07) is 4.00. The average molecular weight is 494 g/mol. The highest BCUT2D eigenvalue weighted by Gasteiger charge is 2.76. The molecule has 3 unspecified atom stereocenters. The molecule has 1 aromatic carbocycles. The monoisotopic (exact) mass is 493 g/mol. The van der Waals surface area contributed by atoms with E-state index in [-0.39, 0.29) is 24.0 Å². The van der Waals surface area contributed by atoms with Crippen molar-refractivity contribution in [1.82, 2.24) is 0 Å². The molecule has 2 saturated carbocycles. The molecular formula is C18H24BrNO8S. The first-order valence-electron chi connectivity index (χ1n) is 8.77. The largest absolute Gasteiger partial charge is 0.504 e. The van der Waals surface area contributed by atoms with Crippen LogP contribution in [0.3, 0.4) is 0 Å². The molecule has 0 aromatic heterocycles. The third-order valence-corrected chi connectivity index (χ3v) is 9.64. The molecule has 0 heterocycles. The van der Waals surface area contributed by atoms with Crippen molar-refractivity contribution in [1.29, 1.82) is 0 Å². The van der Waals surface area contributed by atoms with E-state index in [1.165, 1.54) is 18.2 Å². The number of carbonyl (C=O) groups is 2. The topological polar surface area (TPSA) is 161 Å². The minimum atomic E-state index is -4.42. The molecule has 0 radical (unpaired) electrons. The van der Waals surface area contributed by atoms with Crippen LogP contribution in [0.1, 0.15) is 33.6 Å². The van der Waals surface area contributed by atoms with E-state index in [2.05, 4.69) is 21.2 Å². The Morgan fingerprint density at radius 1 is 1.24 bits per heavy atom. The number of rotatable bonds is 4. The number of ketones is 1. The van der Waals surface area contributed by atoms with Gasteiger partial charge in [-0.3, -0.25) is 14.1 Å². The van der Waals surface area contributed by atoms with Gasteiger partial charge in [0.1, 0.15) is 6.54 Å². The molecule has 1 aromatic rings. The molecule has 2 aliphatic carbocycles. The number of carboxylic acid groups (broad SMARTS) is 1. The van der Waals surface area contributed by atoms with Gasteiger partial charge >= 0.3 is 5.97 Å². The van der Waals surface area contributed by atoms with Crippen LogP contribution in [0, 0.1) is 16.7 Å². The lowest BCUT2D eigenvalue weighted by molar-refractivity contribution is -0.135. The third-order valence-electron chi connectivity index (χ3n) is 6.28. The fraction of sp³-hybridized carbons (Fsp3) is 0.556. The number of aliphatic carboxylic acids is 1. The first-order valence-corrected chi connectivity index (χ1v) is 11.0. The predicted molar refractivity (Wildman–Crippen MR) is 109 cm³/mol. The Balaban J connectivity index is 0.000000212. The van der Waals surface area contributed by atoms with Gasteiger partial charge in [0.05, 0.1) is 0 Å². The standard InChI is InChI=1S/C10H15BrO4S.C8H9NO4/c1-8(2)6-4-5-9(8,3)7(12)10(6,11)16(13,14)15;10-6-2-1-5(3-7(6)11)9-4-8(12)13/h6H,4-5H2,1-3H3,(H,13,14,15);1-3,9-11H,4H2,(H,12,13). The molecule has 2 aliphatic rings. The summed E-state index contributed by atoms with van der Waals surface area (Å²) in [4.78, 5) is 22.4. The number of aromatic hydroxyl groups is 2. The number of phenolic OH excluding ortho intramolecular Hbond substituents is 2. The van der Waals surface area contributed by atoms with E-state index in [1.807, 2.05) is 13.8 Å². The van der Waals surface area contributed by atoms with Crippen LogP contribution >= 0.6 is 15.9 Å². The molecule has 0 saturated heterocycles. The summed E-state index contributed by atoms with van der Waals surface area (Å²) in [6.45, 7) is 5.36. The number of alkyl halides is 1. The van der Waals surface area contributed by atoms with Crippen LogP contribution in [-0.2, 0) is 19.7 Å². The van der Waals surface area contributed by atoms with Crippen molar-refractivity contribution in [3.63, 3.8) is 0 Å². The molecule has 3 atom stereocenters. The predicted octanol–water partition coefficient (Wildman–Crippen LogP) is 2.58. The molecule has 11 heteroatoms. The maximum absolute atomic E-state index is 12.3. The molecule has 29 heavy (non-hydrogen) atoms. The summed E-state index contributed by atoms with van der Waals surface area (Å²) in [5.41, 5.74) is -0.641. The Kier molecular flexibility index (Phi) is 6.01. The lowest BCUT2D eigenvalue weighted by Crippen LogP contribution is -2.47.